The quantitative estimate of drug-likeness (QED) is 0.688. The molecule has 0 aliphatic heterocycles. The fraction of sp³-hybridized carbons (Fsp3) is 0.412. The van der Waals surface area contributed by atoms with Crippen LogP contribution in [0, 0.1) is 0 Å². The molecule has 1 aromatic carbocycles. The van der Waals surface area contributed by atoms with E-state index in [4.69, 9.17) is 9.84 Å². The van der Waals surface area contributed by atoms with Crippen molar-refractivity contribution in [1.29, 1.82) is 0 Å². The van der Waals surface area contributed by atoms with Crippen molar-refractivity contribution in [3.63, 3.8) is 0 Å². The van der Waals surface area contributed by atoms with Crippen LogP contribution in [0.5, 0.6) is 5.75 Å². The zero-order valence-electron chi connectivity index (χ0n) is 13.0. The second-order valence-electron chi connectivity index (χ2n) is 4.94. The lowest BCUT2D eigenvalue weighted by atomic mass is 10.1. The zero-order chi connectivity index (χ0) is 16.4. The highest BCUT2D eigenvalue weighted by atomic mass is 16.5. The molecule has 1 aromatic rings. The van der Waals surface area contributed by atoms with Crippen molar-refractivity contribution in [3.8, 4) is 5.75 Å². The maximum absolute atomic E-state index is 11.7. The Labute approximate surface area is 131 Å². The first-order valence-electron chi connectivity index (χ1n) is 7.51. The minimum Gasteiger partial charge on any atom is -0.494 e. The van der Waals surface area contributed by atoms with E-state index in [0.29, 0.717) is 19.4 Å². The van der Waals surface area contributed by atoms with E-state index >= 15 is 0 Å². The van der Waals surface area contributed by atoms with Gasteiger partial charge in [0.2, 0.25) is 5.91 Å². The summed E-state index contributed by atoms with van der Waals surface area (Å²) >= 11 is 0. The van der Waals surface area contributed by atoms with Gasteiger partial charge in [0.05, 0.1) is 6.61 Å². The van der Waals surface area contributed by atoms with Gasteiger partial charge in [-0.05, 0) is 36.6 Å². The molecule has 0 heterocycles. The van der Waals surface area contributed by atoms with Gasteiger partial charge in [-0.1, -0.05) is 32.4 Å². The lowest BCUT2D eigenvalue weighted by Crippen LogP contribution is -2.39. The molecule has 0 aliphatic carbocycles. The number of carboxylic acids is 1. The molecule has 1 amide bonds. The van der Waals surface area contributed by atoms with Crippen LogP contribution in [-0.2, 0) is 9.59 Å². The molecular formula is C17H23NO4. The van der Waals surface area contributed by atoms with Crippen molar-refractivity contribution in [1.82, 2.24) is 5.32 Å². The van der Waals surface area contributed by atoms with E-state index in [1.807, 2.05) is 38.1 Å². The number of ether oxygens (including phenoxy) is 1. The number of aliphatic carboxylic acids is 1. The molecule has 0 aromatic heterocycles. The lowest BCUT2D eigenvalue weighted by Gasteiger charge is -2.11. The summed E-state index contributed by atoms with van der Waals surface area (Å²) < 4.78 is 5.47. The summed E-state index contributed by atoms with van der Waals surface area (Å²) in [4.78, 5) is 22.7. The third-order valence-electron chi connectivity index (χ3n) is 2.97. The number of carbonyl (C=O) groups excluding carboxylic acids is 1. The maximum Gasteiger partial charge on any atom is 0.326 e. The van der Waals surface area contributed by atoms with Gasteiger partial charge in [0.25, 0.3) is 0 Å². The van der Waals surface area contributed by atoms with Gasteiger partial charge < -0.3 is 15.2 Å². The number of benzene rings is 1. The first-order valence-corrected chi connectivity index (χ1v) is 7.51. The van der Waals surface area contributed by atoms with E-state index in [0.717, 1.165) is 17.7 Å². The van der Waals surface area contributed by atoms with Gasteiger partial charge in [0.15, 0.2) is 0 Å². The monoisotopic (exact) mass is 305 g/mol. The van der Waals surface area contributed by atoms with Gasteiger partial charge in [-0.25, -0.2) is 4.79 Å². The van der Waals surface area contributed by atoms with Crippen LogP contribution in [0.1, 0.15) is 38.7 Å². The highest BCUT2D eigenvalue weighted by Gasteiger charge is 2.17. The van der Waals surface area contributed by atoms with Crippen LogP contribution in [0.25, 0.3) is 6.08 Å². The molecule has 1 rings (SSSR count). The second kappa shape index (κ2) is 9.60. The Morgan fingerprint density at radius 2 is 1.91 bits per heavy atom. The predicted octanol–water partition coefficient (Wildman–Crippen LogP) is 2.86. The molecule has 0 saturated heterocycles. The zero-order valence-corrected chi connectivity index (χ0v) is 13.0. The number of amides is 1. The summed E-state index contributed by atoms with van der Waals surface area (Å²) in [6.45, 7) is 4.59. The Kier molecular flexibility index (Phi) is 7.75. The Morgan fingerprint density at radius 1 is 1.23 bits per heavy atom. The van der Waals surface area contributed by atoms with Crippen LogP contribution < -0.4 is 10.1 Å². The molecule has 0 radical (unpaired) electrons. The molecule has 0 saturated carbocycles. The molecule has 0 fully saturated rings. The summed E-state index contributed by atoms with van der Waals surface area (Å²) in [7, 11) is 0. The van der Waals surface area contributed by atoms with E-state index < -0.39 is 17.9 Å². The SMILES string of the molecule is CCCOc1ccc(/C=C/C(=O)NC(CCC)C(=O)O)cc1. The fourth-order valence-electron chi connectivity index (χ4n) is 1.83. The van der Waals surface area contributed by atoms with E-state index in [1.165, 1.54) is 6.08 Å². The second-order valence-corrected chi connectivity index (χ2v) is 4.94. The van der Waals surface area contributed by atoms with Gasteiger partial charge in [-0.3, -0.25) is 4.79 Å². The Morgan fingerprint density at radius 3 is 2.45 bits per heavy atom. The van der Waals surface area contributed by atoms with Crippen LogP contribution in [0.3, 0.4) is 0 Å². The third kappa shape index (κ3) is 6.43. The first kappa shape index (κ1) is 17.8. The molecule has 1 atom stereocenters. The van der Waals surface area contributed by atoms with E-state index in [-0.39, 0.29) is 0 Å². The fourth-order valence-corrected chi connectivity index (χ4v) is 1.83. The number of hydrogen-bond acceptors (Lipinski definition) is 3. The number of rotatable bonds is 9. The Balaban J connectivity index is 2.55. The number of carboxylic acid groups (broad SMARTS) is 1. The van der Waals surface area contributed by atoms with E-state index in [2.05, 4.69) is 5.32 Å². The molecule has 0 spiro atoms. The summed E-state index contributed by atoms with van der Waals surface area (Å²) in [6, 6.07) is 6.52. The molecule has 5 heteroatoms. The van der Waals surface area contributed by atoms with Crippen molar-refractivity contribution in [2.24, 2.45) is 0 Å². The van der Waals surface area contributed by atoms with Gasteiger partial charge in [-0.15, -0.1) is 0 Å². The third-order valence-corrected chi connectivity index (χ3v) is 2.97. The van der Waals surface area contributed by atoms with Gasteiger partial charge in [0, 0.05) is 6.08 Å². The molecule has 1 unspecified atom stereocenters. The molecule has 0 bridgehead atoms. The summed E-state index contributed by atoms with van der Waals surface area (Å²) in [5.74, 6) is -0.634. The first-order chi connectivity index (χ1) is 10.6. The highest BCUT2D eigenvalue weighted by molar-refractivity contribution is 5.94. The van der Waals surface area contributed by atoms with Gasteiger partial charge in [0.1, 0.15) is 11.8 Å². The minimum absolute atomic E-state index is 0.410. The lowest BCUT2D eigenvalue weighted by molar-refractivity contribution is -0.141. The Hall–Kier alpha value is -2.30. The van der Waals surface area contributed by atoms with Crippen LogP contribution in [0.15, 0.2) is 30.3 Å². The summed E-state index contributed by atoms with van der Waals surface area (Å²) in [5.41, 5.74) is 0.848. The average Bonchev–Trinajstić information content (AvgIpc) is 2.51. The van der Waals surface area contributed by atoms with Crippen molar-refractivity contribution in [3.05, 3.63) is 35.9 Å². The van der Waals surface area contributed by atoms with Crippen LogP contribution in [-0.4, -0.2) is 29.6 Å². The largest absolute Gasteiger partial charge is 0.494 e. The molecular weight excluding hydrogens is 282 g/mol. The number of nitrogens with one attached hydrogen (secondary N) is 1. The van der Waals surface area contributed by atoms with Crippen molar-refractivity contribution >= 4 is 18.0 Å². The smallest absolute Gasteiger partial charge is 0.326 e. The van der Waals surface area contributed by atoms with E-state index in [1.54, 1.807) is 6.08 Å². The minimum atomic E-state index is -1.01. The highest BCUT2D eigenvalue weighted by Crippen LogP contribution is 2.13. The molecule has 0 aliphatic rings. The van der Waals surface area contributed by atoms with Gasteiger partial charge >= 0.3 is 5.97 Å². The topological polar surface area (TPSA) is 75.6 Å². The van der Waals surface area contributed by atoms with Crippen LogP contribution in [0.4, 0.5) is 0 Å². The predicted molar refractivity (Wildman–Crippen MR) is 85.7 cm³/mol. The summed E-state index contributed by atoms with van der Waals surface area (Å²) in [5, 5.41) is 11.5. The molecule has 5 nitrogen and oxygen atoms in total. The maximum atomic E-state index is 11.7. The average molecular weight is 305 g/mol. The van der Waals surface area contributed by atoms with Crippen molar-refractivity contribution in [2.75, 3.05) is 6.61 Å². The van der Waals surface area contributed by atoms with Gasteiger partial charge in [-0.2, -0.15) is 0 Å². The molecule has 2 N–H and O–H groups in total. The van der Waals surface area contributed by atoms with E-state index in [9.17, 15) is 9.59 Å². The molecule has 22 heavy (non-hydrogen) atoms. The standard InChI is InChI=1S/C17H23NO4/c1-3-5-15(17(20)21)18-16(19)11-8-13-6-9-14(10-7-13)22-12-4-2/h6-11,15H,3-5,12H2,1-2H3,(H,18,19)(H,20,21)/b11-8+. The van der Waals surface area contributed by atoms with Crippen LogP contribution >= 0.6 is 0 Å². The van der Waals surface area contributed by atoms with Crippen LogP contribution in [0.2, 0.25) is 0 Å². The number of carbonyl (C=O) groups is 2. The Bertz CT molecular complexity index is 508. The summed E-state index contributed by atoms with van der Waals surface area (Å²) in [6.07, 6.45) is 5.04. The molecule has 120 valence electrons. The number of hydrogen-bond donors (Lipinski definition) is 2. The normalized spacial score (nSPS) is 12.1. The van der Waals surface area contributed by atoms with Crippen molar-refractivity contribution < 1.29 is 19.4 Å². The van der Waals surface area contributed by atoms with Crippen molar-refractivity contribution in [2.45, 2.75) is 39.2 Å².